The number of nitrogens with zero attached hydrogens (tertiary/aromatic N) is 4. The smallest absolute Gasteiger partial charge is 0.222 e. The highest BCUT2D eigenvalue weighted by Gasteiger charge is 2.19. The van der Waals surface area contributed by atoms with Gasteiger partial charge in [0.05, 0.1) is 36.3 Å². The Morgan fingerprint density at radius 3 is 2.83 bits per heavy atom. The van der Waals surface area contributed by atoms with Gasteiger partial charge in [0, 0.05) is 30.8 Å². The number of fused-ring (bicyclic) bond motifs is 1. The predicted octanol–water partition coefficient (Wildman–Crippen LogP) is 1.02. The van der Waals surface area contributed by atoms with Crippen molar-refractivity contribution in [3.8, 4) is 11.3 Å². The monoisotopic (exact) mass is 325 g/mol. The molecule has 0 amide bonds. The Morgan fingerprint density at radius 2 is 2.00 bits per heavy atom. The van der Waals surface area contributed by atoms with Crippen LogP contribution in [0.15, 0.2) is 24.5 Å². The molecule has 8 heteroatoms. The van der Waals surface area contributed by atoms with E-state index in [0.717, 1.165) is 54.2 Å². The molecule has 8 nitrogen and oxygen atoms in total. The first kappa shape index (κ1) is 14.9. The van der Waals surface area contributed by atoms with E-state index >= 15 is 0 Å². The van der Waals surface area contributed by atoms with Gasteiger partial charge in [0.1, 0.15) is 5.82 Å². The highest BCUT2D eigenvalue weighted by atomic mass is 16.5. The minimum Gasteiger partial charge on any atom is -0.383 e. The molecule has 0 radical (unpaired) electrons. The fourth-order valence-electron chi connectivity index (χ4n) is 2.98. The second-order valence-electron chi connectivity index (χ2n) is 5.82. The lowest BCUT2D eigenvalue weighted by Gasteiger charge is -2.27. The van der Waals surface area contributed by atoms with Gasteiger partial charge in [0.15, 0.2) is 0 Å². The van der Waals surface area contributed by atoms with E-state index < -0.39 is 0 Å². The second-order valence-corrected chi connectivity index (χ2v) is 5.82. The van der Waals surface area contributed by atoms with E-state index in [1.807, 2.05) is 18.2 Å². The number of nitrogens with one attached hydrogen (secondary N) is 1. The fourth-order valence-corrected chi connectivity index (χ4v) is 2.98. The molecular formula is C16H19N7O. The Kier molecular flexibility index (Phi) is 3.75. The summed E-state index contributed by atoms with van der Waals surface area (Å²) in [4.78, 5) is 18.3. The molecule has 0 spiro atoms. The number of nitrogens with two attached hydrogens (primary N) is 2. The van der Waals surface area contributed by atoms with Crippen LogP contribution >= 0.6 is 0 Å². The molecule has 2 aromatic heterocycles. The Bertz CT molecular complexity index is 870. The number of aromatic nitrogens is 4. The van der Waals surface area contributed by atoms with Crippen molar-refractivity contribution in [1.29, 1.82) is 0 Å². The van der Waals surface area contributed by atoms with E-state index in [9.17, 15) is 0 Å². The van der Waals surface area contributed by atoms with Crippen LogP contribution in [0.25, 0.3) is 22.3 Å². The summed E-state index contributed by atoms with van der Waals surface area (Å²) in [5.41, 5.74) is 16.4. The van der Waals surface area contributed by atoms with Gasteiger partial charge in [0.25, 0.3) is 0 Å². The summed E-state index contributed by atoms with van der Waals surface area (Å²) in [5.74, 6) is 0.599. The zero-order chi connectivity index (χ0) is 16.5. The number of H-pyrrole nitrogens is 1. The molecule has 0 saturated carbocycles. The normalized spacial score (nSPS) is 15.8. The summed E-state index contributed by atoms with van der Waals surface area (Å²) >= 11 is 0. The zero-order valence-electron chi connectivity index (χ0n) is 13.2. The van der Waals surface area contributed by atoms with Crippen molar-refractivity contribution in [3.05, 3.63) is 30.1 Å². The lowest BCUT2D eigenvalue weighted by atomic mass is 10.0. The number of morpholine rings is 1. The van der Waals surface area contributed by atoms with Gasteiger partial charge in [-0.25, -0.2) is 9.97 Å². The summed E-state index contributed by atoms with van der Waals surface area (Å²) in [5, 5.41) is 0. The first-order chi connectivity index (χ1) is 11.7. The number of hydrogen-bond acceptors (Lipinski definition) is 7. The Balaban J connectivity index is 1.77. The first-order valence-corrected chi connectivity index (χ1v) is 7.86. The van der Waals surface area contributed by atoms with Crippen LogP contribution in [0.4, 0.5) is 11.8 Å². The molecule has 0 atom stereocenters. The summed E-state index contributed by atoms with van der Waals surface area (Å²) in [6, 6.07) is 5.95. The van der Waals surface area contributed by atoms with Crippen molar-refractivity contribution in [2.75, 3.05) is 37.8 Å². The number of ether oxygens (including phenoxy) is 1. The lowest BCUT2D eigenvalue weighted by molar-refractivity contribution is 0.0343. The van der Waals surface area contributed by atoms with E-state index in [2.05, 4.69) is 24.8 Å². The number of imidazole rings is 1. The molecule has 1 aliphatic heterocycles. The molecule has 0 unspecified atom stereocenters. The van der Waals surface area contributed by atoms with E-state index in [1.54, 1.807) is 6.33 Å². The molecule has 3 heterocycles. The predicted molar refractivity (Wildman–Crippen MR) is 92.0 cm³/mol. The average Bonchev–Trinajstić information content (AvgIpc) is 3.05. The van der Waals surface area contributed by atoms with Crippen LogP contribution in [-0.2, 0) is 11.3 Å². The number of rotatable bonds is 3. The summed E-state index contributed by atoms with van der Waals surface area (Å²) in [6.07, 6.45) is 1.67. The van der Waals surface area contributed by atoms with Gasteiger partial charge in [-0.1, -0.05) is 6.07 Å². The molecule has 1 fully saturated rings. The minimum absolute atomic E-state index is 0.176. The largest absolute Gasteiger partial charge is 0.383 e. The van der Waals surface area contributed by atoms with Crippen LogP contribution in [0.5, 0.6) is 0 Å². The topological polar surface area (TPSA) is 119 Å². The molecule has 1 aromatic carbocycles. The van der Waals surface area contributed by atoms with Crippen molar-refractivity contribution in [2.45, 2.75) is 6.54 Å². The van der Waals surface area contributed by atoms with E-state index in [0.29, 0.717) is 12.4 Å². The number of nitrogen functional groups attached to an aromatic ring is 2. The molecule has 0 bridgehead atoms. The average molecular weight is 325 g/mol. The van der Waals surface area contributed by atoms with Crippen LogP contribution in [0.3, 0.4) is 0 Å². The molecule has 24 heavy (non-hydrogen) atoms. The molecule has 5 N–H and O–H groups in total. The van der Waals surface area contributed by atoms with Gasteiger partial charge >= 0.3 is 0 Å². The number of benzene rings is 1. The second kappa shape index (κ2) is 6.06. The fraction of sp³-hybridized carbons (Fsp3) is 0.312. The van der Waals surface area contributed by atoms with Crippen molar-refractivity contribution < 1.29 is 4.74 Å². The summed E-state index contributed by atoms with van der Waals surface area (Å²) in [7, 11) is 0. The van der Waals surface area contributed by atoms with Crippen LogP contribution in [0, 0.1) is 0 Å². The van der Waals surface area contributed by atoms with Gasteiger partial charge in [-0.15, -0.1) is 0 Å². The minimum atomic E-state index is 0.176. The maximum Gasteiger partial charge on any atom is 0.222 e. The quantitative estimate of drug-likeness (QED) is 0.657. The van der Waals surface area contributed by atoms with E-state index in [-0.39, 0.29) is 5.95 Å². The van der Waals surface area contributed by atoms with Gasteiger partial charge in [-0.05, 0) is 12.1 Å². The molecule has 1 aliphatic rings. The molecule has 4 rings (SSSR count). The SMILES string of the molecule is Nc1nc(N)c(CN2CCOCC2)c(-c2ccc3[nH]cnc3c2)n1. The Labute approximate surface area is 138 Å². The first-order valence-electron chi connectivity index (χ1n) is 7.86. The zero-order valence-corrected chi connectivity index (χ0v) is 13.2. The van der Waals surface area contributed by atoms with Gasteiger partial charge < -0.3 is 21.2 Å². The van der Waals surface area contributed by atoms with E-state index in [4.69, 9.17) is 16.2 Å². The molecular weight excluding hydrogens is 306 g/mol. The van der Waals surface area contributed by atoms with Crippen molar-refractivity contribution in [2.24, 2.45) is 0 Å². The molecule has 124 valence electrons. The van der Waals surface area contributed by atoms with Gasteiger partial charge in [0.2, 0.25) is 5.95 Å². The molecule has 3 aromatic rings. The number of aromatic amines is 1. The van der Waals surface area contributed by atoms with Gasteiger partial charge in [-0.3, -0.25) is 4.90 Å². The van der Waals surface area contributed by atoms with Crippen LogP contribution in [0.2, 0.25) is 0 Å². The third-order valence-corrected chi connectivity index (χ3v) is 4.24. The van der Waals surface area contributed by atoms with Crippen molar-refractivity contribution in [3.63, 3.8) is 0 Å². The summed E-state index contributed by atoms with van der Waals surface area (Å²) in [6.45, 7) is 3.85. The van der Waals surface area contributed by atoms with Crippen LogP contribution < -0.4 is 11.5 Å². The lowest BCUT2D eigenvalue weighted by Crippen LogP contribution is -2.36. The maximum atomic E-state index is 6.16. The number of hydrogen-bond donors (Lipinski definition) is 3. The highest BCUT2D eigenvalue weighted by molar-refractivity contribution is 5.82. The Hall–Kier alpha value is -2.71. The standard InChI is InChI=1S/C16H19N7O/c17-15-11(8-23-3-5-24-6-4-23)14(21-16(18)22-15)10-1-2-12-13(7-10)20-9-19-12/h1-2,7,9H,3-6,8H2,(H,19,20)(H4,17,18,21,22). The third kappa shape index (κ3) is 2.77. The molecule has 0 aliphatic carbocycles. The summed E-state index contributed by atoms with van der Waals surface area (Å²) < 4.78 is 5.41. The van der Waals surface area contributed by atoms with Crippen molar-refractivity contribution >= 4 is 22.8 Å². The van der Waals surface area contributed by atoms with E-state index in [1.165, 1.54) is 0 Å². The third-order valence-electron chi connectivity index (χ3n) is 4.24. The van der Waals surface area contributed by atoms with Gasteiger partial charge in [-0.2, -0.15) is 4.98 Å². The van der Waals surface area contributed by atoms with Crippen LogP contribution in [-0.4, -0.2) is 51.1 Å². The Morgan fingerprint density at radius 1 is 1.17 bits per heavy atom. The maximum absolute atomic E-state index is 6.16. The number of anilines is 2. The van der Waals surface area contributed by atoms with Crippen molar-refractivity contribution in [1.82, 2.24) is 24.8 Å². The highest BCUT2D eigenvalue weighted by Crippen LogP contribution is 2.29. The van der Waals surface area contributed by atoms with Crippen LogP contribution in [0.1, 0.15) is 5.56 Å². The molecule has 1 saturated heterocycles.